The minimum Gasteiger partial charge on any atom is -0.355 e. The van der Waals surface area contributed by atoms with Crippen LogP contribution in [0.2, 0.25) is 0 Å². The summed E-state index contributed by atoms with van der Waals surface area (Å²) in [4.78, 5) is 28.3. The van der Waals surface area contributed by atoms with E-state index in [1.54, 1.807) is 31.3 Å². The molecule has 0 spiro atoms. The van der Waals surface area contributed by atoms with Gasteiger partial charge in [0.25, 0.3) is 5.91 Å². The molecule has 26 heavy (non-hydrogen) atoms. The van der Waals surface area contributed by atoms with Gasteiger partial charge in [0.15, 0.2) is 5.78 Å². The number of pyridine rings is 1. The summed E-state index contributed by atoms with van der Waals surface area (Å²) in [5.74, 6) is -0.107. The molecule has 0 saturated heterocycles. The Kier molecular flexibility index (Phi) is 6.00. The Labute approximate surface area is 154 Å². The second-order valence-corrected chi connectivity index (χ2v) is 6.85. The van der Waals surface area contributed by atoms with Crippen LogP contribution in [0, 0.1) is 0 Å². The number of nitrogens with zero attached hydrogens (tertiary/aromatic N) is 1. The predicted molar refractivity (Wildman–Crippen MR) is 103 cm³/mol. The standard InChI is InChI=1S/C21H25N3O2/c1-15(25)16-7-6-10-18(13-16)23-19-11-12-22-20(14-19)21(26)24-17-8-4-2-3-5-9-17/h6-7,10-14,17H,2-5,8-9H2,1H3,(H,22,23)(H,24,26). The number of benzene rings is 1. The third-order valence-corrected chi connectivity index (χ3v) is 4.74. The number of carbonyl (C=O) groups is 2. The van der Waals surface area contributed by atoms with Crippen molar-refractivity contribution < 1.29 is 9.59 Å². The van der Waals surface area contributed by atoms with Crippen molar-refractivity contribution >= 4 is 23.1 Å². The largest absolute Gasteiger partial charge is 0.355 e. The van der Waals surface area contributed by atoms with Crippen LogP contribution in [0.5, 0.6) is 0 Å². The molecule has 1 aromatic carbocycles. The summed E-state index contributed by atoms with van der Waals surface area (Å²) in [6.07, 6.45) is 8.56. The molecule has 5 nitrogen and oxygen atoms in total. The Morgan fingerprint density at radius 3 is 2.46 bits per heavy atom. The molecule has 2 N–H and O–H groups in total. The zero-order valence-corrected chi connectivity index (χ0v) is 15.1. The first-order valence-electron chi connectivity index (χ1n) is 9.27. The van der Waals surface area contributed by atoms with Crippen molar-refractivity contribution in [3.63, 3.8) is 0 Å². The smallest absolute Gasteiger partial charge is 0.270 e. The minimum atomic E-state index is -0.127. The summed E-state index contributed by atoms with van der Waals surface area (Å²) >= 11 is 0. The van der Waals surface area contributed by atoms with Gasteiger partial charge < -0.3 is 10.6 Å². The van der Waals surface area contributed by atoms with Crippen LogP contribution in [0.4, 0.5) is 11.4 Å². The molecule has 1 aromatic heterocycles. The molecule has 1 aliphatic carbocycles. The molecule has 1 fully saturated rings. The number of hydrogen-bond donors (Lipinski definition) is 2. The van der Waals surface area contributed by atoms with Crippen molar-refractivity contribution in [2.24, 2.45) is 0 Å². The Bertz CT molecular complexity index is 780. The van der Waals surface area contributed by atoms with E-state index < -0.39 is 0 Å². The number of rotatable bonds is 5. The number of hydrogen-bond acceptors (Lipinski definition) is 4. The number of carbonyl (C=O) groups excluding carboxylic acids is 2. The zero-order valence-electron chi connectivity index (χ0n) is 15.1. The lowest BCUT2D eigenvalue weighted by atomic mass is 10.1. The fourth-order valence-electron chi connectivity index (χ4n) is 3.30. The van der Waals surface area contributed by atoms with Crippen LogP contribution in [0.15, 0.2) is 42.6 Å². The normalized spacial score (nSPS) is 15.1. The number of anilines is 2. The SMILES string of the molecule is CC(=O)c1cccc(Nc2ccnc(C(=O)NC3CCCCCC3)c2)c1. The van der Waals surface area contributed by atoms with E-state index >= 15 is 0 Å². The van der Waals surface area contributed by atoms with Crippen LogP contribution in [-0.4, -0.2) is 22.7 Å². The monoisotopic (exact) mass is 351 g/mol. The van der Waals surface area contributed by atoms with Crippen LogP contribution >= 0.6 is 0 Å². The molecule has 0 aliphatic heterocycles. The molecule has 2 aromatic rings. The summed E-state index contributed by atoms with van der Waals surface area (Å²) < 4.78 is 0. The van der Waals surface area contributed by atoms with Crippen molar-refractivity contribution in [2.45, 2.75) is 51.5 Å². The molecule has 1 saturated carbocycles. The molecular weight excluding hydrogens is 326 g/mol. The number of amides is 1. The highest BCUT2D eigenvalue weighted by atomic mass is 16.2. The van der Waals surface area contributed by atoms with Gasteiger partial charge in [0.1, 0.15) is 5.69 Å². The Morgan fingerprint density at radius 2 is 1.73 bits per heavy atom. The first-order chi connectivity index (χ1) is 12.6. The summed E-state index contributed by atoms with van der Waals surface area (Å²) in [5.41, 5.74) is 2.63. The van der Waals surface area contributed by atoms with Crippen molar-refractivity contribution in [2.75, 3.05) is 5.32 Å². The average molecular weight is 351 g/mol. The van der Waals surface area contributed by atoms with E-state index in [4.69, 9.17) is 0 Å². The number of ketones is 1. The highest BCUT2D eigenvalue weighted by Gasteiger charge is 2.16. The van der Waals surface area contributed by atoms with Gasteiger partial charge in [-0.3, -0.25) is 14.6 Å². The van der Waals surface area contributed by atoms with Gasteiger partial charge in [0.2, 0.25) is 0 Å². The molecule has 1 amide bonds. The average Bonchev–Trinajstić information content (AvgIpc) is 2.91. The lowest BCUT2D eigenvalue weighted by molar-refractivity contribution is 0.0927. The molecule has 136 valence electrons. The molecule has 0 radical (unpaired) electrons. The van der Waals surface area contributed by atoms with E-state index in [0.29, 0.717) is 11.3 Å². The summed E-state index contributed by atoms with van der Waals surface area (Å²) in [7, 11) is 0. The predicted octanol–water partition coefficient (Wildman–Crippen LogP) is 4.48. The van der Waals surface area contributed by atoms with E-state index in [1.807, 2.05) is 18.2 Å². The molecule has 1 heterocycles. The summed E-state index contributed by atoms with van der Waals surface area (Å²) in [6, 6.07) is 11.1. The van der Waals surface area contributed by atoms with Gasteiger partial charge in [-0.05, 0) is 44.0 Å². The first kappa shape index (κ1) is 18.1. The van der Waals surface area contributed by atoms with E-state index in [2.05, 4.69) is 15.6 Å². The summed E-state index contributed by atoms with van der Waals surface area (Å²) in [6.45, 7) is 1.54. The topological polar surface area (TPSA) is 71.1 Å². The van der Waals surface area contributed by atoms with Crippen LogP contribution in [0.25, 0.3) is 0 Å². The Morgan fingerprint density at radius 1 is 1.00 bits per heavy atom. The number of Topliss-reactive ketones (excluding diaryl/α,β-unsaturated/α-hetero) is 1. The number of nitrogens with one attached hydrogen (secondary N) is 2. The van der Waals surface area contributed by atoms with Gasteiger partial charge >= 0.3 is 0 Å². The third-order valence-electron chi connectivity index (χ3n) is 4.74. The van der Waals surface area contributed by atoms with Crippen molar-refractivity contribution in [3.8, 4) is 0 Å². The van der Waals surface area contributed by atoms with Crippen LogP contribution in [-0.2, 0) is 0 Å². The van der Waals surface area contributed by atoms with Crippen molar-refractivity contribution in [3.05, 3.63) is 53.9 Å². The third kappa shape index (κ3) is 4.91. The lowest BCUT2D eigenvalue weighted by Gasteiger charge is -2.16. The van der Waals surface area contributed by atoms with Gasteiger partial charge in [-0.1, -0.05) is 37.8 Å². The molecule has 0 atom stereocenters. The Balaban J connectivity index is 1.68. The van der Waals surface area contributed by atoms with Crippen molar-refractivity contribution in [1.29, 1.82) is 0 Å². The fourth-order valence-corrected chi connectivity index (χ4v) is 3.30. The minimum absolute atomic E-state index is 0.0202. The lowest BCUT2D eigenvalue weighted by Crippen LogP contribution is -2.34. The molecule has 1 aliphatic rings. The Hall–Kier alpha value is -2.69. The van der Waals surface area contributed by atoms with Gasteiger partial charge in [0, 0.05) is 29.2 Å². The first-order valence-corrected chi connectivity index (χ1v) is 9.27. The molecule has 0 unspecified atom stereocenters. The van der Waals surface area contributed by atoms with E-state index in [1.165, 1.54) is 25.7 Å². The maximum atomic E-state index is 12.5. The van der Waals surface area contributed by atoms with Crippen LogP contribution in [0.1, 0.15) is 66.3 Å². The highest BCUT2D eigenvalue weighted by Crippen LogP contribution is 2.20. The highest BCUT2D eigenvalue weighted by molar-refractivity contribution is 5.95. The number of aromatic nitrogens is 1. The van der Waals surface area contributed by atoms with E-state index in [9.17, 15) is 9.59 Å². The maximum Gasteiger partial charge on any atom is 0.270 e. The van der Waals surface area contributed by atoms with Crippen molar-refractivity contribution in [1.82, 2.24) is 10.3 Å². The molecule has 5 heteroatoms. The second kappa shape index (κ2) is 8.61. The molecule has 3 rings (SSSR count). The summed E-state index contributed by atoms with van der Waals surface area (Å²) in [5, 5.41) is 6.35. The van der Waals surface area contributed by atoms with Gasteiger partial charge in [-0.25, -0.2) is 0 Å². The van der Waals surface area contributed by atoms with Gasteiger partial charge in [0.05, 0.1) is 0 Å². The van der Waals surface area contributed by atoms with Gasteiger partial charge in [-0.2, -0.15) is 0 Å². The fraction of sp³-hybridized carbons (Fsp3) is 0.381. The van der Waals surface area contributed by atoms with Crippen LogP contribution < -0.4 is 10.6 Å². The van der Waals surface area contributed by atoms with E-state index in [0.717, 1.165) is 24.2 Å². The van der Waals surface area contributed by atoms with Crippen LogP contribution in [0.3, 0.4) is 0 Å². The zero-order chi connectivity index (χ0) is 18.4. The van der Waals surface area contributed by atoms with E-state index in [-0.39, 0.29) is 17.7 Å². The maximum absolute atomic E-state index is 12.5. The molecule has 0 bridgehead atoms. The quantitative estimate of drug-likeness (QED) is 0.615. The van der Waals surface area contributed by atoms with Gasteiger partial charge in [-0.15, -0.1) is 0 Å². The molecular formula is C21H25N3O2. The second-order valence-electron chi connectivity index (χ2n) is 6.85.